The van der Waals surface area contributed by atoms with E-state index in [9.17, 15) is 9.59 Å². The highest BCUT2D eigenvalue weighted by atomic mass is 35.5. The number of benzene rings is 1. The van der Waals surface area contributed by atoms with Crippen LogP contribution < -0.4 is 0 Å². The molecule has 3 aliphatic rings. The highest BCUT2D eigenvalue weighted by molar-refractivity contribution is 5.94. The quantitative estimate of drug-likeness (QED) is 0.446. The van der Waals surface area contributed by atoms with Gasteiger partial charge < -0.3 is 14.3 Å². The van der Waals surface area contributed by atoms with Gasteiger partial charge in [0, 0.05) is 64.2 Å². The molecule has 9 nitrogen and oxygen atoms in total. The fraction of sp³-hybridized carbons (Fsp3) is 0.667. The molecule has 2 aliphatic heterocycles. The summed E-state index contributed by atoms with van der Waals surface area (Å²) in [5.74, 6) is 1.41. The summed E-state index contributed by atoms with van der Waals surface area (Å²) in [4.78, 5) is 38.8. The molecule has 1 aromatic heterocycles. The minimum atomic E-state index is 0. The largest absolute Gasteiger partial charge is 0.343 e. The minimum absolute atomic E-state index is 0. The fourth-order valence-corrected chi connectivity index (χ4v) is 6.14. The van der Waals surface area contributed by atoms with Crippen molar-refractivity contribution in [3.63, 3.8) is 0 Å². The molecular weight excluding hydrogens is 528 g/mol. The average Bonchev–Trinajstić information content (AvgIpc) is 3.44. The molecule has 5 rings (SSSR count). The number of carbonyl (C=O) groups excluding carboxylic acids is 2. The van der Waals surface area contributed by atoms with Gasteiger partial charge in [-0.25, -0.2) is 0 Å². The second kappa shape index (κ2) is 14.9. The smallest absolute Gasteiger partial charge is 0.253 e. The fourth-order valence-electron chi connectivity index (χ4n) is 6.14. The molecule has 0 radical (unpaired) electrons. The third kappa shape index (κ3) is 8.27. The lowest BCUT2D eigenvalue weighted by molar-refractivity contribution is -0.132. The maximum Gasteiger partial charge on any atom is 0.253 e. The van der Waals surface area contributed by atoms with Crippen LogP contribution in [0.15, 0.2) is 28.8 Å². The number of amides is 2. The number of nitrogens with zero attached hydrogens (tertiary/aromatic N) is 6. The van der Waals surface area contributed by atoms with E-state index >= 15 is 0 Å². The zero-order valence-corrected chi connectivity index (χ0v) is 24.7. The third-order valence-corrected chi connectivity index (χ3v) is 8.66. The van der Waals surface area contributed by atoms with Crippen LogP contribution in [0.4, 0.5) is 0 Å². The van der Waals surface area contributed by atoms with E-state index in [0.717, 1.165) is 38.0 Å². The van der Waals surface area contributed by atoms with Crippen molar-refractivity contribution in [1.29, 1.82) is 0 Å². The van der Waals surface area contributed by atoms with Crippen LogP contribution in [0.2, 0.25) is 0 Å². The highest BCUT2D eigenvalue weighted by Crippen LogP contribution is 2.22. The molecular formula is C30H45ClN6O3. The highest BCUT2D eigenvalue weighted by Gasteiger charge is 2.25. The first-order valence-electron chi connectivity index (χ1n) is 15.0. The van der Waals surface area contributed by atoms with Gasteiger partial charge in [0.2, 0.25) is 11.8 Å². The van der Waals surface area contributed by atoms with E-state index in [1.807, 2.05) is 29.0 Å². The van der Waals surface area contributed by atoms with Gasteiger partial charge in [-0.05, 0) is 56.5 Å². The maximum atomic E-state index is 13.1. The Morgan fingerprint density at radius 3 is 2.23 bits per heavy atom. The molecule has 2 amide bonds. The summed E-state index contributed by atoms with van der Waals surface area (Å²) in [6.07, 6.45) is 10.7. The Kier molecular flexibility index (Phi) is 11.4. The molecule has 2 aromatic rings. The lowest BCUT2D eigenvalue weighted by Crippen LogP contribution is -2.48. The second-order valence-electron chi connectivity index (χ2n) is 11.5. The van der Waals surface area contributed by atoms with Crippen molar-refractivity contribution in [3.05, 3.63) is 47.1 Å². The lowest BCUT2D eigenvalue weighted by atomic mass is 9.94. The number of likely N-dealkylation sites (tertiary alicyclic amines) is 1. The Labute approximate surface area is 244 Å². The Morgan fingerprint density at radius 1 is 0.875 bits per heavy atom. The molecule has 0 N–H and O–H groups in total. The predicted octanol–water partition coefficient (Wildman–Crippen LogP) is 4.16. The summed E-state index contributed by atoms with van der Waals surface area (Å²) in [6.45, 7) is 6.82. The van der Waals surface area contributed by atoms with Crippen LogP contribution in [-0.2, 0) is 24.3 Å². The molecule has 0 spiro atoms. The first kappa shape index (κ1) is 30.5. The van der Waals surface area contributed by atoms with Gasteiger partial charge in [-0.2, -0.15) is 4.98 Å². The lowest BCUT2D eigenvalue weighted by Gasteiger charge is -2.34. The van der Waals surface area contributed by atoms with Crippen molar-refractivity contribution in [1.82, 2.24) is 29.7 Å². The van der Waals surface area contributed by atoms with Gasteiger partial charge >= 0.3 is 0 Å². The summed E-state index contributed by atoms with van der Waals surface area (Å²) < 4.78 is 5.43. The summed E-state index contributed by atoms with van der Waals surface area (Å²) >= 11 is 0. The van der Waals surface area contributed by atoms with Crippen LogP contribution in [0.1, 0.15) is 85.4 Å². The monoisotopic (exact) mass is 572 g/mol. The van der Waals surface area contributed by atoms with Gasteiger partial charge in [0.25, 0.3) is 5.91 Å². The van der Waals surface area contributed by atoms with Gasteiger partial charge in [0.1, 0.15) is 0 Å². The molecule has 0 bridgehead atoms. The van der Waals surface area contributed by atoms with Crippen LogP contribution in [0.25, 0.3) is 0 Å². The van der Waals surface area contributed by atoms with Crippen LogP contribution in [0, 0.1) is 0 Å². The Balaban J connectivity index is 0.00000370. The summed E-state index contributed by atoms with van der Waals surface area (Å²) in [7, 11) is 1.92. The molecule has 2 saturated heterocycles. The molecule has 1 saturated carbocycles. The third-order valence-electron chi connectivity index (χ3n) is 8.66. The summed E-state index contributed by atoms with van der Waals surface area (Å²) in [6, 6.07) is 8.54. The van der Waals surface area contributed by atoms with Crippen molar-refractivity contribution < 1.29 is 14.1 Å². The zero-order valence-electron chi connectivity index (χ0n) is 23.9. The van der Waals surface area contributed by atoms with Gasteiger partial charge in [0.15, 0.2) is 5.82 Å². The van der Waals surface area contributed by atoms with Gasteiger partial charge in [-0.15, -0.1) is 12.4 Å². The van der Waals surface area contributed by atoms with Gasteiger partial charge in [-0.3, -0.25) is 19.4 Å². The number of hydrogen-bond acceptors (Lipinski definition) is 7. The summed E-state index contributed by atoms with van der Waals surface area (Å²) in [5.41, 5.74) is 2.04. The molecule has 0 atom stereocenters. The number of halogens is 1. The number of hydrogen-bond donors (Lipinski definition) is 0. The van der Waals surface area contributed by atoms with Crippen LogP contribution in [0.3, 0.4) is 0 Å². The molecule has 10 heteroatoms. The van der Waals surface area contributed by atoms with Crippen molar-refractivity contribution >= 4 is 24.2 Å². The molecule has 220 valence electrons. The van der Waals surface area contributed by atoms with Crippen molar-refractivity contribution in [3.8, 4) is 0 Å². The number of piperazine rings is 1. The van der Waals surface area contributed by atoms with Gasteiger partial charge in [-0.1, -0.05) is 43.0 Å². The molecule has 40 heavy (non-hydrogen) atoms. The summed E-state index contributed by atoms with van der Waals surface area (Å²) in [5, 5.41) is 4.14. The number of aryl methyl sites for hydroxylation is 1. The van der Waals surface area contributed by atoms with Gasteiger partial charge in [0.05, 0.1) is 6.54 Å². The van der Waals surface area contributed by atoms with E-state index in [-0.39, 0.29) is 24.2 Å². The predicted molar refractivity (Wildman–Crippen MR) is 156 cm³/mol. The van der Waals surface area contributed by atoms with Crippen LogP contribution >= 0.6 is 12.4 Å². The van der Waals surface area contributed by atoms with Crippen molar-refractivity contribution in [2.45, 2.75) is 83.3 Å². The standard InChI is InChI=1S/C30H44N6O3.ClH/c1-33(26-8-4-2-5-9-26)29(37)15-14-28-31-27(32-39-28)23-35-18-20-36(21-19-35)30(38)25-12-10-24(11-13-25)22-34-16-6-3-7-17-34;/h10-13,26H,2-9,14-23H2,1H3;1H. The van der Waals surface area contributed by atoms with E-state index in [2.05, 4.69) is 32.1 Å². The van der Waals surface area contributed by atoms with Crippen LogP contribution in [-0.4, -0.2) is 93.9 Å². The SMILES string of the molecule is CN(C(=O)CCc1nc(CN2CCN(C(=O)c3ccc(CN4CCCCC4)cc3)CC2)no1)C1CCCCC1.Cl. The topological polar surface area (TPSA) is 86.0 Å². The average molecular weight is 573 g/mol. The Hall–Kier alpha value is -2.49. The number of carbonyl (C=O) groups is 2. The number of rotatable bonds is 9. The number of piperidine rings is 1. The molecule has 3 fully saturated rings. The van der Waals surface area contributed by atoms with Crippen molar-refractivity contribution in [2.24, 2.45) is 0 Å². The molecule has 1 aliphatic carbocycles. The molecule has 3 heterocycles. The zero-order chi connectivity index (χ0) is 27.0. The van der Waals surface area contributed by atoms with E-state index in [1.54, 1.807) is 0 Å². The molecule has 1 aromatic carbocycles. The minimum Gasteiger partial charge on any atom is -0.343 e. The van der Waals surface area contributed by atoms with Crippen LogP contribution in [0.5, 0.6) is 0 Å². The maximum absolute atomic E-state index is 13.1. The molecule has 0 unspecified atom stereocenters. The first-order valence-corrected chi connectivity index (χ1v) is 15.0. The Morgan fingerprint density at radius 2 is 1.52 bits per heavy atom. The second-order valence-corrected chi connectivity index (χ2v) is 11.5. The van der Waals surface area contributed by atoms with E-state index in [1.165, 1.54) is 57.2 Å². The number of aromatic nitrogens is 2. The normalized spacial score (nSPS) is 19.3. The van der Waals surface area contributed by atoms with Crippen molar-refractivity contribution in [2.75, 3.05) is 46.3 Å². The van der Waals surface area contributed by atoms with E-state index < -0.39 is 0 Å². The Bertz CT molecular complexity index is 1070. The first-order chi connectivity index (χ1) is 19.0. The van der Waals surface area contributed by atoms with E-state index in [4.69, 9.17) is 4.52 Å². The van der Waals surface area contributed by atoms with E-state index in [0.29, 0.717) is 50.2 Å².